The third kappa shape index (κ3) is 2.27. The topological polar surface area (TPSA) is 66.5 Å². The van der Waals surface area contributed by atoms with E-state index in [1.165, 1.54) is 18.5 Å². The van der Waals surface area contributed by atoms with Crippen molar-refractivity contribution in [2.45, 2.75) is 6.54 Å². The van der Waals surface area contributed by atoms with E-state index in [1.807, 2.05) is 0 Å². The number of hydrogen-bond acceptors (Lipinski definition) is 4. The number of imidazole rings is 1. The second-order valence-corrected chi connectivity index (χ2v) is 4.35. The Bertz CT molecular complexity index is 774. The first kappa shape index (κ1) is 12.7. The highest BCUT2D eigenvalue weighted by Crippen LogP contribution is 2.20. The third-order valence-corrected chi connectivity index (χ3v) is 2.91. The van der Waals surface area contributed by atoms with Crippen LogP contribution in [0.4, 0.5) is 14.6 Å². The van der Waals surface area contributed by atoms with Crippen molar-refractivity contribution in [1.29, 1.82) is 0 Å². The van der Waals surface area contributed by atoms with Gasteiger partial charge in [0, 0.05) is 12.1 Å². The van der Waals surface area contributed by atoms with Crippen LogP contribution >= 0.6 is 11.6 Å². The summed E-state index contributed by atoms with van der Waals surface area (Å²) in [5.74, 6) is -1.40. The van der Waals surface area contributed by atoms with Gasteiger partial charge >= 0.3 is 0 Å². The maximum Gasteiger partial charge on any atom is 0.226 e. The zero-order valence-electron chi connectivity index (χ0n) is 9.99. The van der Waals surface area contributed by atoms with Crippen molar-refractivity contribution in [2.24, 2.45) is 0 Å². The zero-order valence-corrected chi connectivity index (χ0v) is 10.7. The molecule has 0 unspecified atom stereocenters. The van der Waals surface area contributed by atoms with Crippen LogP contribution in [0, 0.1) is 11.6 Å². The minimum absolute atomic E-state index is 0.0202. The summed E-state index contributed by atoms with van der Waals surface area (Å²) in [6.07, 6.45) is 1.45. The first-order chi connectivity index (χ1) is 9.65. The van der Waals surface area contributed by atoms with Crippen molar-refractivity contribution < 1.29 is 8.78 Å². The molecular formula is C12H8ClF2N5. The van der Waals surface area contributed by atoms with Crippen LogP contribution in [-0.2, 0) is 6.54 Å². The maximum absolute atomic E-state index is 13.5. The molecule has 0 spiro atoms. The van der Waals surface area contributed by atoms with E-state index in [9.17, 15) is 8.78 Å². The molecule has 0 atom stereocenters. The van der Waals surface area contributed by atoms with E-state index in [1.54, 1.807) is 0 Å². The van der Waals surface area contributed by atoms with Crippen LogP contribution < -0.4 is 5.32 Å². The van der Waals surface area contributed by atoms with Gasteiger partial charge in [-0.3, -0.25) is 0 Å². The highest BCUT2D eigenvalue weighted by Gasteiger charge is 2.11. The highest BCUT2D eigenvalue weighted by molar-refractivity contribution is 6.28. The van der Waals surface area contributed by atoms with Gasteiger partial charge in [0.05, 0.1) is 6.33 Å². The molecule has 8 heteroatoms. The molecule has 0 radical (unpaired) electrons. The molecule has 0 bridgehead atoms. The number of nitrogens with zero attached hydrogens (tertiary/aromatic N) is 3. The van der Waals surface area contributed by atoms with Crippen LogP contribution in [0.15, 0.2) is 24.5 Å². The lowest BCUT2D eigenvalue weighted by Crippen LogP contribution is -2.05. The summed E-state index contributed by atoms with van der Waals surface area (Å²) in [5.41, 5.74) is 1.13. The second kappa shape index (κ2) is 5.01. The first-order valence-electron chi connectivity index (χ1n) is 5.68. The van der Waals surface area contributed by atoms with Crippen molar-refractivity contribution in [1.82, 2.24) is 19.9 Å². The van der Waals surface area contributed by atoms with E-state index in [-0.39, 0.29) is 17.4 Å². The fourth-order valence-electron chi connectivity index (χ4n) is 1.80. The smallest absolute Gasteiger partial charge is 0.226 e. The summed E-state index contributed by atoms with van der Waals surface area (Å²) in [6, 6.07) is 3.99. The molecule has 3 aromatic rings. The number of anilines is 1. The van der Waals surface area contributed by atoms with E-state index in [4.69, 9.17) is 11.6 Å². The summed E-state index contributed by atoms with van der Waals surface area (Å²) < 4.78 is 26.7. The number of H-pyrrole nitrogens is 1. The Hall–Kier alpha value is -2.28. The summed E-state index contributed by atoms with van der Waals surface area (Å²) in [5, 5.41) is 2.91. The normalized spacial score (nSPS) is 10.9. The molecule has 20 heavy (non-hydrogen) atoms. The minimum Gasteiger partial charge on any atom is -0.364 e. The number of nitrogens with one attached hydrogen (secondary N) is 2. The SMILES string of the molecule is Fc1cccc(CNc2nc(Cl)nc3nc[nH]c23)c1F. The number of rotatable bonds is 3. The quantitative estimate of drug-likeness (QED) is 0.729. The molecular weight excluding hydrogens is 288 g/mol. The van der Waals surface area contributed by atoms with Gasteiger partial charge in [0.2, 0.25) is 5.28 Å². The predicted octanol–water partition coefficient (Wildman–Crippen LogP) is 2.90. The minimum atomic E-state index is -0.892. The van der Waals surface area contributed by atoms with Crippen LogP contribution in [0.25, 0.3) is 11.2 Å². The molecule has 0 fully saturated rings. The highest BCUT2D eigenvalue weighted by atomic mass is 35.5. The fraction of sp³-hybridized carbons (Fsp3) is 0.0833. The van der Waals surface area contributed by atoms with Gasteiger partial charge in [0.15, 0.2) is 23.1 Å². The van der Waals surface area contributed by atoms with Gasteiger partial charge in [-0.15, -0.1) is 0 Å². The largest absolute Gasteiger partial charge is 0.364 e. The van der Waals surface area contributed by atoms with Gasteiger partial charge in [-0.05, 0) is 17.7 Å². The first-order valence-corrected chi connectivity index (χ1v) is 6.06. The van der Waals surface area contributed by atoms with Crippen LogP contribution in [0.1, 0.15) is 5.56 Å². The van der Waals surface area contributed by atoms with Crippen LogP contribution in [0.2, 0.25) is 5.28 Å². The molecule has 2 aromatic heterocycles. The summed E-state index contributed by atoms with van der Waals surface area (Å²) in [7, 11) is 0. The van der Waals surface area contributed by atoms with Gasteiger partial charge in [-0.2, -0.15) is 9.97 Å². The lowest BCUT2D eigenvalue weighted by atomic mass is 10.2. The predicted molar refractivity (Wildman–Crippen MR) is 70.4 cm³/mol. The molecule has 0 aliphatic rings. The molecule has 0 amide bonds. The summed E-state index contributed by atoms with van der Waals surface area (Å²) in [6.45, 7) is 0.0606. The summed E-state index contributed by atoms with van der Waals surface area (Å²) in [4.78, 5) is 14.7. The van der Waals surface area contributed by atoms with Crippen LogP contribution in [0.3, 0.4) is 0 Å². The van der Waals surface area contributed by atoms with Gasteiger partial charge in [0.1, 0.15) is 5.52 Å². The fourth-order valence-corrected chi connectivity index (χ4v) is 1.96. The van der Waals surface area contributed by atoms with Crippen molar-refractivity contribution in [3.63, 3.8) is 0 Å². The second-order valence-electron chi connectivity index (χ2n) is 4.01. The number of aromatic nitrogens is 4. The standard InChI is InChI=1S/C12H8ClF2N5/c13-12-19-10(9-11(20-12)18-5-17-9)16-4-6-2-1-3-7(14)8(6)15/h1-3,5H,4H2,(H2,16,17,18,19,20). The van der Waals surface area contributed by atoms with E-state index < -0.39 is 11.6 Å². The molecule has 0 aliphatic heterocycles. The molecule has 5 nitrogen and oxygen atoms in total. The Morgan fingerprint density at radius 1 is 1.25 bits per heavy atom. The van der Waals surface area contributed by atoms with E-state index in [0.717, 1.165) is 6.07 Å². The number of hydrogen-bond donors (Lipinski definition) is 2. The van der Waals surface area contributed by atoms with Gasteiger partial charge in [0.25, 0.3) is 0 Å². The Morgan fingerprint density at radius 2 is 2.10 bits per heavy atom. The van der Waals surface area contributed by atoms with Gasteiger partial charge in [-0.1, -0.05) is 12.1 Å². The number of benzene rings is 1. The van der Waals surface area contributed by atoms with Crippen molar-refractivity contribution in [2.75, 3.05) is 5.32 Å². The number of halogens is 3. The van der Waals surface area contributed by atoms with E-state index in [2.05, 4.69) is 25.3 Å². The molecule has 102 valence electrons. The lowest BCUT2D eigenvalue weighted by Gasteiger charge is -2.07. The molecule has 1 aromatic carbocycles. The van der Waals surface area contributed by atoms with Crippen molar-refractivity contribution >= 4 is 28.6 Å². The molecule has 3 rings (SSSR count). The van der Waals surface area contributed by atoms with Gasteiger partial charge < -0.3 is 10.3 Å². The Balaban J connectivity index is 1.90. The number of aromatic amines is 1. The molecule has 2 heterocycles. The molecule has 0 saturated carbocycles. The molecule has 0 saturated heterocycles. The lowest BCUT2D eigenvalue weighted by molar-refractivity contribution is 0.500. The monoisotopic (exact) mass is 295 g/mol. The summed E-state index contributed by atoms with van der Waals surface area (Å²) >= 11 is 5.77. The average Bonchev–Trinajstić information content (AvgIpc) is 2.88. The third-order valence-electron chi connectivity index (χ3n) is 2.74. The zero-order chi connectivity index (χ0) is 14.1. The Kier molecular flexibility index (Phi) is 3.19. The van der Waals surface area contributed by atoms with Crippen LogP contribution in [0.5, 0.6) is 0 Å². The molecule has 0 aliphatic carbocycles. The Labute approximate surface area is 117 Å². The average molecular weight is 296 g/mol. The number of fused-ring (bicyclic) bond motifs is 1. The maximum atomic E-state index is 13.5. The van der Waals surface area contributed by atoms with Crippen molar-refractivity contribution in [3.8, 4) is 0 Å². The van der Waals surface area contributed by atoms with Gasteiger partial charge in [-0.25, -0.2) is 13.8 Å². The van der Waals surface area contributed by atoms with E-state index in [0.29, 0.717) is 17.0 Å². The molecule has 2 N–H and O–H groups in total. The Morgan fingerprint density at radius 3 is 2.95 bits per heavy atom. The van der Waals surface area contributed by atoms with E-state index >= 15 is 0 Å². The van der Waals surface area contributed by atoms with Crippen LogP contribution in [-0.4, -0.2) is 19.9 Å². The van der Waals surface area contributed by atoms with Crippen molar-refractivity contribution in [3.05, 3.63) is 47.0 Å².